The number of nitrogens with one attached hydrogen (secondary N) is 1. The first-order valence-corrected chi connectivity index (χ1v) is 6.22. The smallest absolute Gasteiger partial charge is 0.337 e. The third kappa shape index (κ3) is 5.68. The number of carbonyl (C=O) groups excluding carboxylic acids is 1. The highest BCUT2D eigenvalue weighted by molar-refractivity contribution is 5.89. The number of methoxy groups -OCH3 is 2. The average Bonchev–Trinajstić information content (AvgIpc) is 2.43. The molecule has 1 rings (SSSR count). The molecule has 0 atom stereocenters. The van der Waals surface area contributed by atoms with Crippen LogP contribution >= 0.6 is 0 Å². The zero-order valence-corrected chi connectivity index (χ0v) is 11.7. The molecule has 0 aliphatic carbocycles. The van der Waals surface area contributed by atoms with Crippen molar-refractivity contribution in [3.05, 3.63) is 41.0 Å². The van der Waals surface area contributed by atoms with Gasteiger partial charge in [0, 0.05) is 20.2 Å². The van der Waals surface area contributed by atoms with Crippen LogP contribution in [0.5, 0.6) is 0 Å². The molecule has 0 bridgehead atoms. The number of carbonyl (C=O) groups is 1. The molecule has 0 aliphatic heterocycles. The molecule has 0 saturated heterocycles. The quantitative estimate of drug-likeness (QED) is 0.604. The predicted molar refractivity (Wildman–Crippen MR) is 76.2 cm³/mol. The number of hydrogen-bond acceptors (Lipinski definition) is 4. The maximum absolute atomic E-state index is 11.3. The van der Waals surface area contributed by atoms with Gasteiger partial charge in [0.25, 0.3) is 0 Å². The average molecular weight is 263 g/mol. The fourth-order valence-corrected chi connectivity index (χ4v) is 1.63. The van der Waals surface area contributed by atoms with Crippen LogP contribution in [0.15, 0.2) is 29.8 Å². The van der Waals surface area contributed by atoms with Gasteiger partial charge in [0.15, 0.2) is 0 Å². The Morgan fingerprint density at radius 1 is 1.26 bits per heavy atom. The van der Waals surface area contributed by atoms with Crippen molar-refractivity contribution >= 4 is 12.0 Å². The third-order valence-electron chi connectivity index (χ3n) is 2.63. The molecule has 1 aromatic rings. The number of rotatable bonds is 7. The van der Waals surface area contributed by atoms with Crippen LogP contribution in [0, 0.1) is 0 Å². The van der Waals surface area contributed by atoms with Gasteiger partial charge in [-0.3, -0.25) is 0 Å². The number of esters is 1. The second-order valence-electron chi connectivity index (χ2n) is 4.27. The molecule has 4 heteroatoms. The van der Waals surface area contributed by atoms with Gasteiger partial charge in [-0.15, -0.1) is 0 Å². The van der Waals surface area contributed by atoms with Gasteiger partial charge in [-0.05, 0) is 24.6 Å². The first kappa shape index (κ1) is 15.4. The summed E-state index contributed by atoms with van der Waals surface area (Å²) in [6.07, 6.45) is 2.08. The van der Waals surface area contributed by atoms with Gasteiger partial charge in [-0.2, -0.15) is 0 Å². The monoisotopic (exact) mass is 263 g/mol. The standard InChI is InChI=1S/C15H21NO3/c1-12(11-16-8-9-18-2)10-13-4-6-14(7-5-13)15(17)19-3/h4-7,10,16H,8-9,11H2,1-3H3. The highest BCUT2D eigenvalue weighted by Crippen LogP contribution is 2.09. The Morgan fingerprint density at radius 3 is 2.53 bits per heavy atom. The van der Waals surface area contributed by atoms with Crippen LogP contribution in [0.4, 0.5) is 0 Å². The summed E-state index contributed by atoms with van der Waals surface area (Å²) in [5, 5.41) is 3.28. The second-order valence-corrected chi connectivity index (χ2v) is 4.27. The van der Waals surface area contributed by atoms with Gasteiger partial charge in [0.05, 0.1) is 19.3 Å². The summed E-state index contributed by atoms with van der Waals surface area (Å²) in [6.45, 7) is 4.43. The van der Waals surface area contributed by atoms with Crippen molar-refractivity contribution in [3.8, 4) is 0 Å². The molecule has 0 fully saturated rings. The summed E-state index contributed by atoms with van der Waals surface area (Å²) in [6, 6.07) is 7.35. The Labute approximate surface area is 114 Å². The molecule has 4 nitrogen and oxygen atoms in total. The molecule has 19 heavy (non-hydrogen) atoms. The van der Waals surface area contributed by atoms with Gasteiger partial charge in [-0.25, -0.2) is 4.79 Å². The van der Waals surface area contributed by atoms with Gasteiger partial charge in [0.2, 0.25) is 0 Å². The molecular weight excluding hydrogens is 242 g/mol. The third-order valence-corrected chi connectivity index (χ3v) is 2.63. The Morgan fingerprint density at radius 2 is 1.95 bits per heavy atom. The van der Waals surface area contributed by atoms with Crippen LogP contribution in [-0.4, -0.2) is 39.9 Å². The summed E-state index contributed by atoms with van der Waals surface area (Å²) in [5.74, 6) is -0.312. The summed E-state index contributed by atoms with van der Waals surface area (Å²) in [7, 11) is 3.07. The lowest BCUT2D eigenvalue weighted by Gasteiger charge is -2.05. The Kier molecular flexibility index (Phi) is 6.85. The number of ether oxygens (including phenoxy) is 2. The minimum absolute atomic E-state index is 0.312. The molecule has 0 spiro atoms. The van der Waals surface area contributed by atoms with Crippen molar-refractivity contribution in [2.45, 2.75) is 6.92 Å². The zero-order valence-electron chi connectivity index (χ0n) is 11.7. The Balaban J connectivity index is 2.53. The van der Waals surface area contributed by atoms with E-state index in [1.807, 2.05) is 12.1 Å². The molecule has 0 aliphatic rings. The van der Waals surface area contributed by atoms with E-state index in [2.05, 4.69) is 23.1 Å². The lowest BCUT2D eigenvalue weighted by Crippen LogP contribution is -2.20. The summed E-state index contributed by atoms with van der Waals surface area (Å²) < 4.78 is 9.62. The minimum Gasteiger partial charge on any atom is -0.465 e. The van der Waals surface area contributed by atoms with Crippen LogP contribution in [0.2, 0.25) is 0 Å². The minimum atomic E-state index is -0.312. The molecule has 0 aromatic heterocycles. The van der Waals surface area contributed by atoms with E-state index in [1.54, 1.807) is 19.2 Å². The van der Waals surface area contributed by atoms with E-state index in [-0.39, 0.29) is 5.97 Å². The topological polar surface area (TPSA) is 47.6 Å². The van der Waals surface area contributed by atoms with Crippen molar-refractivity contribution in [2.24, 2.45) is 0 Å². The number of hydrogen-bond donors (Lipinski definition) is 1. The number of benzene rings is 1. The first-order valence-electron chi connectivity index (χ1n) is 6.22. The van der Waals surface area contributed by atoms with Crippen molar-refractivity contribution in [1.82, 2.24) is 5.32 Å². The van der Waals surface area contributed by atoms with E-state index >= 15 is 0 Å². The zero-order chi connectivity index (χ0) is 14.1. The summed E-state index contributed by atoms with van der Waals surface area (Å²) in [5.41, 5.74) is 2.86. The van der Waals surface area contributed by atoms with Crippen molar-refractivity contribution in [3.63, 3.8) is 0 Å². The van der Waals surface area contributed by atoms with E-state index in [9.17, 15) is 4.79 Å². The molecule has 0 saturated carbocycles. The second kappa shape index (κ2) is 8.45. The van der Waals surface area contributed by atoms with Crippen molar-refractivity contribution in [1.29, 1.82) is 0 Å². The first-order chi connectivity index (χ1) is 9.17. The molecule has 1 aromatic carbocycles. The fourth-order valence-electron chi connectivity index (χ4n) is 1.63. The predicted octanol–water partition coefficient (Wildman–Crippen LogP) is 2.11. The highest BCUT2D eigenvalue weighted by Gasteiger charge is 2.03. The van der Waals surface area contributed by atoms with Crippen LogP contribution in [-0.2, 0) is 9.47 Å². The Hall–Kier alpha value is -1.65. The molecule has 0 amide bonds. The van der Waals surface area contributed by atoms with Crippen molar-refractivity contribution in [2.75, 3.05) is 33.9 Å². The van der Waals surface area contributed by atoms with E-state index in [0.717, 1.165) is 18.7 Å². The SMILES string of the molecule is COCCNCC(C)=Cc1ccc(C(=O)OC)cc1. The van der Waals surface area contributed by atoms with E-state index in [4.69, 9.17) is 4.74 Å². The van der Waals surface area contributed by atoms with Gasteiger partial charge < -0.3 is 14.8 Å². The molecule has 0 unspecified atom stereocenters. The highest BCUT2D eigenvalue weighted by atomic mass is 16.5. The lowest BCUT2D eigenvalue weighted by molar-refractivity contribution is 0.0601. The fraction of sp³-hybridized carbons (Fsp3) is 0.400. The van der Waals surface area contributed by atoms with Gasteiger partial charge in [-0.1, -0.05) is 23.8 Å². The van der Waals surface area contributed by atoms with E-state index < -0.39 is 0 Å². The van der Waals surface area contributed by atoms with Crippen LogP contribution < -0.4 is 5.32 Å². The Bertz CT molecular complexity index is 424. The van der Waals surface area contributed by atoms with Crippen LogP contribution in [0.3, 0.4) is 0 Å². The normalized spacial score (nSPS) is 11.4. The summed E-state index contributed by atoms with van der Waals surface area (Å²) in [4.78, 5) is 11.3. The maximum Gasteiger partial charge on any atom is 0.337 e. The van der Waals surface area contributed by atoms with Crippen LogP contribution in [0.25, 0.3) is 6.08 Å². The molecular formula is C15H21NO3. The van der Waals surface area contributed by atoms with Gasteiger partial charge >= 0.3 is 5.97 Å². The largest absolute Gasteiger partial charge is 0.465 e. The molecule has 0 radical (unpaired) electrons. The van der Waals surface area contributed by atoms with Gasteiger partial charge in [0.1, 0.15) is 0 Å². The van der Waals surface area contributed by atoms with E-state index in [0.29, 0.717) is 12.2 Å². The van der Waals surface area contributed by atoms with Crippen LogP contribution in [0.1, 0.15) is 22.8 Å². The van der Waals surface area contributed by atoms with E-state index in [1.165, 1.54) is 12.7 Å². The molecule has 104 valence electrons. The molecule has 0 heterocycles. The maximum atomic E-state index is 11.3. The van der Waals surface area contributed by atoms with Crippen molar-refractivity contribution < 1.29 is 14.3 Å². The molecule has 1 N–H and O–H groups in total. The summed E-state index contributed by atoms with van der Waals surface area (Å²) >= 11 is 0. The lowest BCUT2D eigenvalue weighted by atomic mass is 10.1.